The number of hydrogen-bond acceptors (Lipinski definition) is 1. The van der Waals surface area contributed by atoms with Crippen LogP contribution in [0.1, 0.15) is 29.4 Å². The molecule has 174 valence electrons. The van der Waals surface area contributed by atoms with Crippen molar-refractivity contribution in [3.05, 3.63) is 83.3 Å². The molecule has 3 heteroatoms. The Morgan fingerprint density at radius 3 is 2.15 bits per heavy atom. The van der Waals surface area contributed by atoms with Crippen LogP contribution in [0.15, 0.2) is 65.3 Å². The zero-order valence-electron chi connectivity index (χ0n) is 21.7. The normalized spacial score (nSPS) is 13.9. The Hall–Kier alpha value is -2.63. The summed E-state index contributed by atoms with van der Waals surface area (Å²) >= 11 is 0. The standard InChI is InChI=1S/C31H36OSi2/c1-8-21-13-14-22-15-25(31-28-12-10-9-11-23(28)20-32-31)18-29(22)30(21)24-16-26(33(2,3)4)19-27(17-24)34(5,6)7/h9-14,16-20H,8,15H2,1-7H3. The largest absolute Gasteiger partial charge is 0.463 e. The third kappa shape index (κ3) is 4.05. The summed E-state index contributed by atoms with van der Waals surface area (Å²) in [4.78, 5) is 0. The number of allylic oxidation sites excluding steroid dienone is 1. The van der Waals surface area contributed by atoms with Gasteiger partial charge in [-0.25, -0.2) is 0 Å². The van der Waals surface area contributed by atoms with Crippen LogP contribution in [0.2, 0.25) is 39.3 Å². The summed E-state index contributed by atoms with van der Waals surface area (Å²) in [5, 5.41) is 5.52. The Bertz CT molecular complexity index is 1390. The highest BCUT2D eigenvalue weighted by atomic mass is 28.3. The molecular formula is C31H36OSi2. The Balaban J connectivity index is 1.73. The monoisotopic (exact) mass is 480 g/mol. The van der Waals surface area contributed by atoms with E-state index < -0.39 is 16.1 Å². The second-order valence-electron chi connectivity index (χ2n) is 11.8. The van der Waals surface area contributed by atoms with Gasteiger partial charge in [0.25, 0.3) is 0 Å². The predicted octanol–water partition coefficient (Wildman–Crippen LogP) is 7.85. The van der Waals surface area contributed by atoms with Crippen molar-refractivity contribution in [2.45, 2.75) is 59.0 Å². The molecule has 5 rings (SSSR count). The van der Waals surface area contributed by atoms with Gasteiger partial charge >= 0.3 is 0 Å². The Labute approximate surface area is 206 Å². The van der Waals surface area contributed by atoms with E-state index in [1.807, 2.05) is 6.26 Å². The zero-order valence-corrected chi connectivity index (χ0v) is 23.7. The third-order valence-electron chi connectivity index (χ3n) is 7.26. The van der Waals surface area contributed by atoms with Gasteiger partial charge in [-0.3, -0.25) is 0 Å². The SMILES string of the molecule is CCc1ccc2c(c1-c1cc([Si](C)(C)C)cc([Si](C)(C)C)c1)C=C(c1occ3ccccc13)C2. The molecule has 0 saturated carbocycles. The van der Waals surface area contributed by atoms with Crippen molar-refractivity contribution in [3.8, 4) is 11.1 Å². The Morgan fingerprint density at radius 1 is 0.824 bits per heavy atom. The topological polar surface area (TPSA) is 13.1 Å². The maximum absolute atomic E-state index is 6.10. The van der Waals surface area contributed by atoms with Crippen molar-refractivity contribution in [1.82, 2.24) is 0 Å². The number of benzene rings is 3. The summed E-state index contributed by atoms with van der Waals surface area (Å²) in [5.41, 5.74) is 8.38. The lowest BCUT2D eigenvalue weighted by Crippen LogP contribution is -2.45. The number of furan rings is 1. The molecular weight excluding hydrogens is 445 g/mol. The molecule has 0 spiro atoms. The van der Waals surface area contributed by atoms with Gasteiger partial charge in [0, 0.05) is 22.8 Å². The van der Waals surface area contributed by atoms with E-state index in [4.69, 9.17) is 4.42 Å². The van der Waals surface area contributed by atoms with Crippen molar-refractivity contribution in [2.75, 3.05) is 0 Å². The second-order valence-corrected chi connectivity index (χ2v) is 22.0. The first-order chi connectivity index (χ1) is 16.1. The fraction of sp³-hybridized carbons (Fsp3) is 0.290. The highest BCUT2D eigenvalue weighted by molar-refractivity contribution is 6.91. The molecule has 0 saturated heterocycles. The molecule has 1 aliphatic carbocycles. The summed E-state index contributed by atoms with van der Waals surface area (Å²) in [5.74, 6) is 1.02. The first kappa shape index (κ1) is 23.1. The minimum Gasteiger partial charge on any atom is -0.463 e. The fourth-order valence-corrected chi connectivity index (χ4v) is 7.62. The molecule has 0 aliphatic heterocycles. The van der Waals surface area contributed by atoms with Crippen molar-refractivity contribution < 1.29 is 4.42 Å². The van der Waals surface area contributed by atoms with Gasteiger partial charge < -0.3 is 4.42 Å². The summed E-state index contributed by atoms with van der Waals surface area (Å²) in [6, 6.07) is 20.7. The first-order valence-electron chi connectivity index (χ1n) is 12.5. The molecule has 0 amide bonds. The molecule has 0 N–H and O–H groups in total. The van der Waals surface area contributed by atoms with E-state index in [0.717, 1.165) is 18.6 Å². The van der Waals surface area contributed by atoms with Crippen LogP contribution in [0, 0.1) is 0 Å². The highest BCUT2D eigenvalue weighted by Gasteiger charge is 2.27. The second kappa shape index (κ2) is 8.25. The van der Waals surface area contributed by atoms with Crippen molar-refractivity contribution in [1.29, 1.82) is 0 Å². The molecule has 1 nitrogen and oxygen atoms in total. The molecule has 1 aliphatic rings. The summed E-state index contributed by atoms with van der Waals surface area (Å²) in [6.07, 6.45) is 6.27. The molecule has 0 fully saturated rings. The number of fused-ring (bicyclic) bond motifs is 2. The van der Waals surface area contributed by atoms with Crippen molar-refractivity contribution >= 4 is 48.9 Å². The van der Waals surface area contributed by atoms with E-state index in [-0.39, 0.29) is 0 Å². The van der Waals surface area contributed by atoms with Crippen LogP contribution in [0.3, 0.4) is 0 Å². The maximum Gasteiger partial charge on any atom is 0.138 e. The van der Waals surface area contributed by atoms with Crippen LogP contribution < -0.4 is 10.4 Å². The van der Waals surface area contributed by atoms with Crippen LogP contribution in [0.5, 0.6) is 0 Å². The molecule has 0 atom stereocenters. The minimum atomic E-state index is -1.46. The van der Waals surface area contributed by atoms with Gasteiger partial charge in [-0.15, -0.1) is 0 Å². The van der Waals surface area contributed by atoms with Crippen LogP contribution in [-0.4, -0.2) is 16.1 Å². The van der Waals surface area contributed by atoms with Gasteiger partial charge in [-0.1, -0.05) is 111 Å². The van der Waals surface area contributed by atoms with E-state index in [1.165, 1.54) is 44.2 Å². The van der Waals surface area contributed by atoms with Crippen molar-refractivity contribution in [3.63, 3.8) is 0 Å². The molecule has 1 heterocycles. The molecule has 0 radical (unpaired) electrons. The van der Waals surface area contributed by atoms with Crippen LogP contribution in [0.4, 0.5) is 0 Å². The first-order valence-corrected chi connectivity index (χ1v) is 19.5. The van der Waals surface area contributed by atoms with Gasteiger partial charge in [0.1, 0.15) is 5.76 Å². The maximum atomic E-state index is 6.10. The van der Waals surface area contributed by atoms with Crippen LogP contribution in [-0.2, 0) is 12.8 Å². The van der Waals surface area contributed by atoms with Gasteiger partial charge in [0.2, 0.25) is 0 Å². The lowest BCUT2D eigenvalue weighted by Gasteiger charge is -2.25. The van der Waals surface area contributed by atoms with E-state index in [2.05, 4.69) is 107 Å². The lowest BCUT2D eigenvalue weighted by atomic mass is 9.91. The van der Waals surface area contributed by atoms with E-state index in [1.54, 1.807) is 10.4 Å². The van der Waals surface area contributed by atoms with E-state index >= 15 is 0 Å². The molecule has 3 aromatic carbocycles. The summed E-state index contributed by atoms with van der Waals surface area (Å²) in [6.45, 7) is 17.1. The van der Waals surface area contributed by atoms with Crippen LogP contribution in [0.25, 0.3) is 33.5 Å². The highest BCUT2D eigenvalue weighted by Crippen LogP contribution is 2.41. The number of rotatable bonds is 5. The zero-order chi connectivity index (χ0) is 24.3. The van der Waals surface area contributed by atoms with Gasteiger partial charge in [0.15, 0.2) is 0 Å². The third-order valence-corrected chi connectivity index (χ3v) is 11.3. The van der Waals surface area contributed by atoms with E-state index in [0.29, 0.717) is 0 Å². The van der Waals surface area contributed by atoms with Crippen LogP contribution >= 0.6 is 0 Å². The van der Waals surface area contributed by atoms with Gasteiger partial charge in [-0.05, 0) is 40.3 Å². The Kier molecular flexibility index (Phi) is 5.61. The van der Waals surface area contributed by atoms with E-state index in [9.17, 15) is 0 Å². The lowest BCUT2D eigenvalue weighted by molar-refractivity contribution is 0.557. The fourth-order valence-electron chi connectivity index (χ4n) is 5.12. The molecule has 0 unspecified atom stereocenters. The molecule has 4 aromatic rings. The number of hydrogen-bond donors (Lipinski definition) is 0. The molecule has 34 heavy (non-hydrogen) atoms. The van der Waals surface area contributed by atoms with Crippen molar-refractivity contribution in [2.24, 2.45) is 0 Å². The molecule has 0 bridgehead atoms. The average Bonchev–Trinajstić information content (AvgIpc) is 3.40. The Morgan fingerprint density at radius 2 is 1.50 bits per heavy atom. The predicted molar refractivity (Wildman–Crippen MR) is 155 cm³/mol. The van der Waals surface area contributed by atoms with Gasteiger partial charge in [0.05, 0.1) is 22.4 Å². The minimum absolute atomic E-state index is 0.929. The quantitative estimate of drug-likeness (QED) is 0.265. The molecule has 1 aromatic heterocycles. The smallest absolute Gasteiger partial charge is 0.138 e. The van der Waals surface area contributed by atoms with Gasteiger partial charge in [-0.2, -0.15) is 0 Å². The number of aryl methyl sites for hydroxylation is 1. The summed E-state index contributed by atoms with van der Waals surface area (Å²) in [7, 11) is -2.91. The summed E-state index contributed by atoms with van der Waals surface area (Å²) < 4.78 is 6.10. The average molecular weight is 481 g/mol.